The number of carbonyl (C=O) groups is 2. The van der Waals surface area contributed by atoms with Crippen LogP contribution in [0.5, 0.6) is 5.75 Å². The number of nitrogens with two attached hydrogens (primary N) is 2. The summed E-state index contributed by atoms with van der Waals surface area (Å²) in [7, 11) is 0. The van der Waals surface area contributed by atoms with Crippen LogP contribution in [0.25, 0.3) is 0 Å². The van der Waals surface area contributed by atoms with Crippen LogP contribution in [0.4, 0.5) is 17.1 Å². The Hall–Kier alpha value is -2.44. The smallest absolute Gasteiger partial charge is 0.262 e. The molecule has 7 nitrogen and oxygen atoms in total. The van der Waals surface area contributed by atoms with Gasteiger partial charge in [-0.05, 0) is 18.9 Å². The first kappa shape index (κ1) is 13.5. The fraction of sp³-hybridized carbons (Fsp3) is 0.429. The topological polar surface area (TPSA) is 111 Å². The predicted molar refractivity (Wildman–Crippen MR) is 79.1 cm³/mol. The molecule has 3 rings (SSSR count). The molecule has 2 amide bonds. The minimum absolute atomic E-state index is 0.000744. The number of carbonyl (C=O) groups excluding carboxylic acids is 2. The lowest BCUT2D eigenvalue weighted by Crippen LogP contribution is -2.41. The van der Waals surface area contributed by atoms with Crippen molar-refractivity contribution in [1.82, 2.24) is 0 Å². The number of piperidine rings is 1. The number of hydrogen-bond donors (Lipinski definition) is 3. The number of benzene rings is 1. The third-order valence-electron chi connectivity index (χ3n) is 3.93. The first-order valence-electron chi connectivity index (χ1n) is 6.95. The number of nitrogens with zero attached hydrogens (tertiary/aromatic N) is 1. The van der Waals surface area contributed by atoms with Gasteiger partial charge in [-0.2, -0.15) is 0 Å². The molecule has 0 aromatic heterocycles. The number of amides is 2. The monoisotopic (exact) mass is 290 g/mol. The Balaban J connectivity index is 1.89. The van der Waals surface area contributed by atoms with Crippen LogP contribution in [0.2, 0.25) is 0 Å². The van der Waals surface area contributed by atoms with Crippen LogP contribution in [0.15, 0.2) is 12.1 Å². The second kappa shape index (κ2) is 5.16. The molecular formula is C14H18N4O3. The Morgan fingerprint density at radius 3 is 3.00 bits per heavy atom. The van der Waals surface area contributed by atoms with Gasteiger partial charge in [-0.3, -0.25) is 9.59 Å². The van der Waals surface area contributed by atoms with Crippen molar-refractivity contribution >= 4 is 28.9 Å². The van der Waals surface area contributed by atoms with E-state index in [0.717, 1.165) is 25.1 Å². The lowest BCUT2D eigenvalue weighted by molar-refractivity contribution is -0.122. The van der Waals surface area contributed by atoms with Gasteiger partial charge < -0.3 is 26.4 Å². The zero-order valence-corrected chi connectivity index (χ0v) is 11.6. The van der Waals surface area contributed by atoms with Crippen molar-refractivity contribution in [3.63, 3.8) is 0 Å². The quantitative estimate of drug-likeness (QED) is 0.678. The molecule has 0 bridgehead atoms. The van der Waals surface area contributed by atoms with Crippen LogP contribution in [0.1, 0.15) is 12.8 Å². The van der Waals surface area contributed by atoms with Gasteiger partial charge in [-0.1, -0.05) is 0 Å². The van der Waals surface area contributed by atoms with Crippen molar-refractivity contribution in [3.05, 3.63) is 12.1 Å². The number of nitrogens with one attached hydrogen (secondary N) is 1. The first-order valence-corrected chi connectivity index (χ1v) is 6.95. The molecule has 0 saturated carbocycles. The Morgan fingerprint density at radius 2 is 2.24 bits per heavy atom. The number of fused-ring (bicyclic) bond motifs is 1. The van der Waals surface area contributed by atoms with Crippen LogP contribution in [-0.4, -0.2) is 31.5 Å². The highest BCUT2D eigenvalue weighted by Crippen LogP contribution is 2.38. The molecular weight excluding hydrogens is 272 g/mol. The fourth-order valence-corrected chi connectivity index (χ4v) is 2.83. The molecule has 1 atom stereocenters. The standard InChI is InChI=1S/C14H18N4O3/c15-9-4-12-10(17-13(19)7-21-12)5-11(9)18-3-1-2-8(6-18)14(16)20/h4-5,8H,1-3,6-7,15H2,(H2,16,20)(H,17,19). The molecule has 21 heavy (non-hydrogen) atoms. The molecule has 5 N–H and O–H groups in total. The highest BCUT2D eigenvalue weighted by molar-refractivity contribution is 5.97. The van der Waals surface area contributed by atoms with Crippen LogP contribution < -0.4 is 26.4 Å². The van der Waals surface area contributed by atoms with Crippen LogP contribution in [0, 0.1) is 5.92 Å². The highest BCUT2D eigenvalue weighted by atomic mass is 16.5. The van der Waals surface area contributed by atoms with Crippen molar-refractivity contribution in [2.75, 3.05) is 35.6 Å². The van der Waals surface area contributed by atoms with E-state index in [1.807, 2.05) is 4.90 Å². The van der Waals surface area contributed by atoms with Gasteiger partial charge in [0.05, 0.1) is 23.0 Å². The average Bonchev–Trinajstić information content (AvgIpc) is 2.47. The molecule has 112 valence electrons. The maximum Gasteiger partial charge on any atom is 0.262 e. The van der Waals surface area contributed by atoms with E-state index in [1.165, 1.54) is 0 Å². The number of anilines is 3. The molecule has 0 radical (unpaired) electrons. The molecule has 1 aromatic carbocycles. The summed E-state index contributed by atoms with van der Waals surface area (Å²) in [6.07, 6.45) is 1.68. The normalized spacial score (nSPS) is 21.2. The van der Waals surface area contributed by atoms with Crippen LogP contribution in [-0.2, 0) is 9.59 Å². The summed E-state index contributed by atoms with van der Waals surface area (Å²) in [5, 5.41) is 2.76. The summed E-state index contributed by atoms with van der Waals surface area (Å²) >= 11 is 0. The van der Waals surface area contributed by atoms with E-state index in [0.29, 0.717) is 23.7 Å². The van der Waals surface area contributed by atoms with Gasteiger partial charge >= 0.3 is 0 Å². The van der Waals surface area contributed by atoms with Crippen molar-refractivity contribution in [2.24, 2.45) is 11.7 Å². The molecule has 2 aliphatic heterocycles. The number of ether oxygens (including phenoxy) is 1. The highest BCUT2D eigenvalue weighted by Gasteiger charge is 2.26. The predicted octanol–water partition coefficient (Wildman–Crippen LogP) is 0.301. The minimum atomic E-state index is -0.284. The minimum Gasteiger partial charge on any atom is -0.482 e. The number of hydrogen-bond acceptors (Lipinski definition) is 5. The van der Waals surface area contributed by atoms with E-state index in [-0.39, 0.29) is 24.3 Å². The number of nitrogen functional groups attached to an aromatic ring is 1. The largest absolute Gasteiger partial charge is 0.482 e. The summed E-state index contributed by atoms with van der Waals surface area (Å²) in [6, 6.07) is 3.50. The third-order valence-corrected chi connectivity index (χ3v) is 3.93. The second-order valence-corrected chi connectivity index (χ2v) is 5.43. The third kappa shape index (κ3) is 2.58. The Morgan fingerprint density at radius 1 is 1.43 bits per heavy atom. The maximum atomic E-state index is 11.4. The van der Waals surface area contributed by atoms with Gasteiger partial charge in [0, 0.05) is 19.2 Å². The average molecular weight is 290 g/mol. The lowest BCUT2D eigenvalue weighted by atomic mass is 9.96. The Bertz CT molecular complexity index is 602. The Kier molecular flexibility index (Phi) is 3.32. The Labute approximate surface area is 122 Å². The van der Waals surface area contributed by atoms with E-state index < -0.39 is 0 Å². The van der Waals surface area contributed by atoms with Crippen molar-refractivity contribution in [2.45, 2.75) is 12.8 Å². The molecule has 2 heterocycles. The summed E-state index contributed by atoms with van der Waals surface area (Å²) < 4.78 is 5.33. The van der Waals surface area contributed by atoms with E-state index in [4.69, 9.17) is 16.2 Å². The van der Waals surface area contributed by atoms with Gasteiger partial charge in [-0.25, -0.2) is 0 Å². The molecule has 1 aromatic rings. The van der Waals surface area contributed by atoms with E-state index in [1.54, 1.807) is 12.1 Å². The lowest BCUT2D eigenvalue weighted by Gasteiger charge is -2.34. The molecule has 1 fully saturated rings. The summed E-state index contributed by atoms with van der Waals surface area (Å²) in [5.74, 6) is -0.0703. The zero-order valence-electron chi connectivity index (χ0n) is 11.6. The van der Waals surface area contributed by atoms with Gasteiger partial charge in [0.1, 0.15) is 5.75 Å². The summed E-state index contributed by atoms with van der Waals surface area (Å²) in [5.41, 5.74) is 13.5. The van der Waals surface area contributed by atoms with Crippen LogP contribution in [0.3, 0.4) is 0 Å². The van der Waals surface area contributed by atoms with Crippen molar-refractivity contribution < 1.29 is 14.3 Å². The first-order chi connectivity index (χ1) is 10.0. The molecule has 0 spiro atoms. The van der Waals surface area contributed by atoms with E-state index in [9.17, 15) is 9.59 Å². The molecule has 7 heteroatoms. The summed E-state index contributed by atoms with van der Waals surface area (Å²) in [4.78, 5) is 24.8. The maximum absolute atomic E-state index is 11.4. The van der Waals surface area contributed by atoms with Gasteiger partial charge in [0.15, 0.2) is 6.61 Å². The molecule has 0 aliphatic carbocycles. The molecule has 1 unspecified atom stereocenters. The van der Waals surface area contributed by atoms with Gasteiger partial charge in [0.2, 0.25) is 5.91 Å². The van der Waals surface area contributed by atoms with Gasteiger partial charge in [0.25, 0.3) is 5.91 Å². The van der Waals surface area contributed by atoms with Crippen LogP contribution >= 0.6 is 0 Å². The van der Waals surface area contributed by atoms with E-state index in [2.05, 4.69) is 5.32 Å². The van der Waals surface area contributed by atoms with Gasteiger partial charge in [-0.15, -0.1) is 0 Å². The van der Waals surface area contributed by atoms with E-state index >= 15 is 0 Å². The molecule has 1 saturated heterocycles. The summed E-state index contributed by atoms with van der Waals surface area (Å²) in [6.45, 7) is 1.36. The number of primary amides is 1. The molecule has 2 aliphatic rings. The van der Waals surface area contributed by atoms with Crippen molar-refractivity contribution in [1.29, 1.82) is 0 Å². The van der Waals surface area contributed by atoms with Crippen molar-refractivity contribution in [3.8, 4) is 5.75 Å². The number of rotatable bonds is 2. The fourth-order valence-electron chi connectivity index (χ4n) is 2.83. The zero-order chi connectivity index (χ0) is 15.0. The second-order valence-electron chi connectivity index (χ2n) is 5.43. The SMILES string of the molecule is NC(=O)C1CCCN(c2cc3c(cc2N)OCC(=O)N3)C1.